The molecule has 0 aliphatic carbocycles. The van der Waals surface area contributed by atoms with Gasteiger partial charge in [0.15, 0.2) is 0 Å². The summed E-state index contributed by atoms with van der Waals surface area (Å²) < 4.78 is 0.995. The zero-order valence-electron chi connectivity index (χ0n) is 12.2. The Morgan fingerprint density at radius 2 is 2.00 bits per heavy atom. The van der Waals surface area contributed by atoms with E-state index in [9.17, 15) is 4.79 Å². The summed E-state index contributed by atoms with van der Waals surface area (Å²) in [5.41, 5.74) is 2.76. The molecule has 3 rings (SSSR count). The van der Waals surface area contributed by atoms with Crippen LogP contribution in [-0.4, -0.2) is 59.4 Å². The molecule has 0 unspecified atom stereocenters. The van der Waals surface area contributed by atoms with Crippen LogP contribution in [0.1, 0.15) is 10.5 Å². The Hall–Kier alpha value is -1.86. The molecule has 0 spiro atoms. The highest BCUT2D eigenvalue weighted by molar-refractivity contribution is 9.10. The standard InChI is InChI=1S/C15H17BrN4O2/c1-19-4-6-20(7-5-19)14-3-2-10(8-11(14)16)12-9-13(15(21)22)18-17-12/h2-3,8-9H,4-7H2,1H3,(H,17,18)(H,21,22). The van der Waals surface area contributed by atoms with Crippen molar-refractivity contribution in [2.45, 2.75) is 0 Å². The molecule has 22 heavy (non-hydrogen) atoms. The number of halogens is 1. The van der Waals surface area contributed by atoms with Gasteiger partial charge in [0, 0.05) is 36.2 Å². The van der Waals surface area contributed by atoms with Crippen molar-refractivity contribution in [1.82, 2.24) is 15.1 Å². The summed E-state index contributed by atoms with van der Waals surface area (Å²) in [5.74, 6) is -1.01. The number of carbonyl (C=O) groups is 1. The van der Waals surface area contributed by atoms with Crippen molar-refractivity contribution >= 4 is 27.6 Å². The topological polar surface area (TPSA) is 72.5 Å². The zero-order valence-corrected chi connectivity index (χ0v) is 13.8. The van der Waals surface area contributed by atoms with E-state index in [1.54, 1.807) is 6.07 Å². The SMILES string of the molecule is CN1CCN(c2ccc(-c3cc(C(=O)O)[nH]n3)cc2Br)CC1. The van der Waals surface area contributed by atoms with Gasteiger partial charge in [-0.05, 0) is 41.2 Å². The first-order valence-electron chi connectivity index (χ1n) is 7.07. The highest BCUT2D eigenvalue weighted by Gasteiger charge is 2.17. The number of aromatic amines is 1. The fourth-order valence-electron chi connectivity index (χ4n) is 2.55. The molecular formula is C15H17BrN4O2. The molecule has 0 saturated carbocycles. The third-order valence-electron chi connectivity index (χ3n) is 3.90. The number of aromatic nitrogens is 2. The highest BCUT2D eigenvalue weighted by atomic mass is 79.9. The lowest BCUT2D eigenvalue weighted by Gasteiger charge is -2.34. The summed E-state index contributed by atoms with van der Waals surface area (Å²) in [6.07, 6.45) is 0. The minimum atomic E-state index is -1.01. The first-order valence-corrected chi connectivity index (χ1v) is 7.86. The maximum absolute atomic E-state index is 10.9. The molecule has 116 valence electrons. The number of aromatic carboxylic acids is 1. The number of carboxylic acid groups (broad SMARTS) is 1. The lowest BCUT2D eigenvalue weighted by Crippen LogP contribution is -2.44. The van der Waals surface area contributed by atoms with Gasteiger partial charge >= 0.3 is 5.97 Å². The fourth-order valence-corrected chi connectivity index (χ4v) is 3.18. The van der Waals surface area contributed by atoms with E-state index in [4.69, 9.17) is 5.11 Å². The van der Waals surface area contributed by atoms with Crippen LogP contribution in [0, 0.1) is 0 Å². The predicted octanol–water partition coefficient (Wildman–Crippen LogP) is 2.29. The fraction of sp³-hybridized carbons (Fsp3) is 0.333. The normalized spacial score (nSPS) is 16.0. The number of carboxylic acids is 1. The maximum Gasteiger partial charge on any atom is 0.353 e. The molecule has 1 aliphatic rings. The van der Waals surface area contributed by atoms with Crippen molar-refractivity contribution in [1.29, 1.82) is 0 Å². The smallest absolute Gasteiger partial charge is 0.353 e. The molecule has 0 bridgehead atoms. The lowest BCUT2D eigenvalue weighted by molar-refractivity contribution is 0.0690. The summed E-state index contributed by atoms with van der Waals surface area (Å²) in [5, 5.41) is 15.5. The van der Waals surface area contributed by atoms with Crippen molar-refractivity contribution in [3.8, 4) is 11.3 Å². The molecule has 2 N–H and O–H groups in total. The Bertz CT molecular complexity index is 693. The third-order valence-corrected chi connectivity index (χ3v) is 4.53. The van der Waals surface area contributed by atoms with E-state index in [2.05, 4.69) is 49.0 Å². The largest absolute Gasteiger partial charge is 0.477 e. The summed E-state index contributed by atoms with van der Waals surface area (Å²) in [6.45, 7) is 4.10. The molecule has 7 heteroatoms. The summed E-state index contributed by atoms with van der Waals surface area (Å²) in [7, 11) is 2.13. The van der Waals surface area contributed by atoms with E-state index in [0.717, 1.165) is 41.9 Å². The van der Waals surface area contributed by atoms with Crippen LogP contribution in [0.2, 0.25) is 0 Å². The first kappa shape index (κ1) is 15.1. The Morgan fingerprint density at radius 1 is 1.27 bits per heavy atom. The number of nitrogens with zero attached hydrogens (tertiary/aromatic N) is 3. The number of nitrogens with one attached hydrogen (secondary N) is 1. The van der Waals surface area contributed by atoms with Gasteiger partial charge in [-0.25, -0.2) is 4.79 Å². The van der Waals surface area contributed by atoms with Crippen LogP contribution in [0.25, 0.3) is 11.3 Å². The minimum Gasteiger partial charge on any atom is -0.477 e. The number of benzene rings is 1. The van der Waals surface area contributed by atoms with Gasteiger partial charge in [-0.15, -0.1) is 0 Å². The van der Waals surface area contributed by atoms with Gasteiger partial charge in [0.05, 0.1) is 11.4 Å². The molecule has 2 heterocycles. The number of hydrogen-bond acceptors (Lipinski definition) is 4. The second-order valence-electron chi connectivity index (χ2n) is 5.43. The Kier molecular flexibility index (Phi) is 4.17. The van der Waals surface area contributed by atoms with E-state index in [1.807, 2.05) is 12.1 Å². The Morgan fingerprint density at radius 3 is 2.59 bits per heavy atom. The summed E-state index contributed by atoms with van der Waals surface area (Å²) in [6, 6.07) is 7.55. The zero-order chi connectivity index (χ0) is 15.7. The lowest BCUT2D eigenvalue weighted by atomic mass is 10.1. The molecule has 0 atom stereocenters. The van der Waals surface area contributed by atoms with Crippen LogP contribution in [0.15, 0.2) is 28.7 Å². The van der Waals surface area contributed by atoms with Gasteiger partial charge in [-0.2, -0.15) is 5.10 Å². The van der Waals surface area contributed by atoms with Crippen molar-refractivity contribution in [3.63, 3.8) is 0 Å². The average molecular weight is 365 g/mol. The average Bonchev–Trinajstić information content (AvgIpc) is 2.98. The highest BCUT2D eigenvalue weighted by Crippen LogP contribution is 2.31. The van der Waals surface area contributed by atoms with Crippen molar-refractivity contribution < 1.29 is 9.90 Å². The molecule has 1 aromatic carbocycles. The van der Waals surface area contributed by atoms with Gasteiger partial charge < -0.3 is 14.9 Å². The van der Waals surface area contributed by atoms with Gasteiger partial charge in [0.2, 0.25) is 0 Å². The third kappa shape index (κ3) is 3.00. The van der Waals surface area contributed by atoms with Crippen molar-refractivity contribution in [3.05, 3.63) is 34.4 Å². The number of anilines is 1. The molecule has 2 aromatic rings. The minimum absolute atomic E-state index is 0.0919. The summed E-state index contributed by atoms with van der Waals surface area (Å²) in [4.78, 5) is 15.6. The van der Waals surface area contributed by atoms with E-state index in [1.165, 1.54) is 0 Å². The molecule has 1 aromatic heterocycles. The first-order chi connectivity index (χ1) is 10.5. The molecule has 0 radical (unpaired) electrons. The quantitative estimate of drug-likeness (QED) is 0.873. The monoisotopic (exact) mass is 364 g/mol. The van der Waals surface area contributed by atoms with Crippen molar-refractivity contribution in [2.24, 2.45) is 0 Å². The van der Waals surface area contributed by atoms with Gasteiger partial charge in [0.1, 0.15) is 5.69 Å². The summed E-state index contributed by atoms with van der Waals surface area (Å²) >= 11 is 3.62. The Labute approximate surface area is 136 Å². The van der Waals surface area contributed by atoms with Crippen LogP contribution in [-0.2, 0) is 0 Å². The van der Waals surface area contributed by atoms with Gasteiger partial charge in [-0.1, -0.05) is 6.07 Å². The van der Waals surface area contributed by atoms with E-state index in [-0.39, 0.29) is 5.69 Å². The Balaban J connectivity index is 1.83. The maximum atomic E-state index is 10.9. The molecule has 1 aliphatic heterocycles. The van der Waals surface area contributed by atoms with Gasteiger partial charge in [0.25, 0.3) is 0 Å². The molecule has 1 saturated heterocycles. The number of likely N-dealkylation sites (N-methyl/N-ethyl adjacent to an activating group) is 1. The molecule has 0 amide bonds. The van der Waals surface area contributed by atoms with Crippen molar-refractivity contribution in [2.75, 3.05) is 38.1 Å². The molecule has 6 nitrogen and oxygen atoms in total. The van der Waals surface area contributed by atoms with Crippen LogP contribution in [0.4, 0.5) is 5.69 Å². The van der Waals surface area contributed by atoms with E-state index >= 15 is 0 Å². The molecular weight excluding hydrogens is 348 g/mol. The second-order valence-corrected chi connectivity index (χ2v) is 6.28. The van der Waals surface area contributed by atoms with Crippen LogP contribution in [0.3, 0.4) is 0 Å². The number of H-pyrrole nitrogens is 1. The second kappa shape index (κ2) is 6.10. The van der Waals surface area contributed by atoms with Gasteiger partial charge in [-0.3, -0.25) is 5.10 Å². The molecule has 1 fully saturated rings. The van der Waals surface area contributed by atoms with Crippen LogP contribution >= 0.6 is 15.9 Å². The number of hydrogen-bond donors (Lipinski definition) is 2. The van der Waals surface area contributed by atoms with Crippen LogP contribution < -0.4 is 4.90 Å². The number of piperazine rings is 1. The van der Waals surface area contributed by atoms with E-state index in [0.29, 0.717) is 5.69 Å². The van der Waals surface area contributed by atoms with Crippen LogP contribution in [0.5, 0.6) is 0 Å². The van der Waals surface area contributed by atoms with E-state index < -0.39 is 5.97 Å². The predicted molar refractivity (Wildman–Crippen MR) is 88.4 cm³/mol. The number of rotatable bonds is 3.